The fourth-order valence-electron chi connectivity index (χ4n) is 2.98. The van der Waals surface area contributed by atoms with Crippen LogP contribution >= 0.6 is 0 Å². The van der Waals surface area contributed by atoms with Crippen molar-refractivity contribution in [2.75, 3.05) is 0 Å². The topological polar surface area (TPSA) is 17.1 Å². The van der Waals surface area contributed by atoms with Crippen molar-refractivity contribution in [3.05, 3.63) is 83.4 Å². The van der Waals surface area contributed by atoms with Crippen LogP contribution in [0, 0.1) is 6.07 Å². The normalized spacial score (nSPS) is 14.8. The molecular formula is C22H21ORh-. The van der Waals surface area contributed by atoms with Gasteiger partial charge < -0.3 is 0 Å². The minimum absolute atomic E-state index is 0. The summed E-state index contributed by atoms with van der Waals surface area (Å²) < 4.78 is 0. The van der Waals surface area contributed by atoms with Gasteiger partial charge in [-0.2, -0.15) is 0 Å². The molecule has 125 valence electrons. The van der Waals surface area contributed by atoms with Crippen LogP contribution in [-0.2, 0) is 24.3 Å². The molecule has 0 heterocycles. The first-order chi connectivity index (χ1) is 11.3. The fourth-order valence-corrected chi connectivity index (χ4v) is 2.98. The van der Waals surface area contributed by atoms with E-state index < -0.39 is 0 Å². The van der Waals surface area contributed by atoms with Crippen LogP contribution < -0.4 is 0 Å². The zero-order valence-electron chi connectivity index (χ0n) is 13.6. The van der Waals surface area contributed by atoms with Crippen molar-refractivity contribution in [1.82, 2.24) is 0 Å². The van der Waals surface area contributed by atoms with Crippen molar-refractivity contribution in [2.24, 2.45) is 0 Å². The predicted molar refractivity (Wildman–Crippen MR) is 95.8 cm³/mol. The first-order valence-corrected chi connectivity index (χ1v) is 8.26. The molecule has 0 atom stereocenters. The number of carbonyl (C=O) groups is 1. The summed E-state index contributed by atoms with van der Waals surface area (Å²) in [7, 11) is 0. The molecule has 1 aliphatic rings. The third kappa shape index (κ3) is 5.39. The molecule has 0 unspecified atom stereocenters. The van der Waals surface area contributed by atoms with Crippen molar-refractivity contribution < 1.29 is 24.3 Å². The number of ketones is 1. The van der Waals surface area contributed by atoms with Crippen LogP contribution in [0.3, 0.4) is 0 Å². The van der Waals surface area contributed by atoms with Gasteiger partial charge in [0.05, 0.1) is 0 Å². The van der Waals surface area contributed by atoms with E-state index in [-0.39, 0.29) is 25.3 Å². The van der Waals surface area contributed by atoms with Gasteiger partial charge in [-0.3, -0.25) is 4.79 Å². The molecule has 0 aromatic heterocycles. The van der Waals surface area contributed by atoms with E-state index in [1.165, 1.54) is 16.7 Å². The molecule has 0 saturated heterocycles. The molecule has 2 heteroatoms. The van der Waals surface area contributed by atoms with Gasteiger partial charge in [0.25, 0.3) is 0 Å². The van der Waals surface area contributed by atoms with E-state index in [9.17, 15) is 4.79 Å². The maximum atomic E-state index is 11.6. The Kier molecular flexibility index (Phi) is 7.34. The van der Waals surface area contributed by atoms with Crippen LogP contribution in [0.5, 0.6) is 0 Å². The third-order valence-corrected chi connectivity index (χ3v) is 4.20. The van der Waals surface area contributed by atoms with Crippen LogP contribution in [-0.4, -0.2) is 5.78 Å². The standard InChI is InChI=1S/C22H21O.Rh/c23-22-13-7-10-19(17-22)14-15-21(20-11-5-2-6-12-20)16-18-8-3-1-4-9-18;/h1-6,8-9,11,16-17H,7,10,13-15H2;/q-1;/b21-16+;. The Morgan fingerprint density at radius 3 is 2.54 bits per heavy atom. The number of hydrogen-bond donors (Lipinski definition) is 0. The Hall–Kier alpha value is -1.79. The first kappa shape index (κ1) is 18.6. The maximum absolute atomic E-state index is 11.6. The van der Waals surface area contributed by atoms with Gasteiger partial charge in [-0.05, 0) is 30.9 Å². The summed E-state index contributed by atoms with van der Waals surface area (Å²) in [5.41, 5.74) is 4.90. The van der Waals surface area contributed by atoms with E-state index in [2.05, 4.69) is 42.5 Å². The number of rotatable bonds is 5. The molecule has 0 aliphatic heterocycles. The zero-order valence-corrected chi connectivity index (χ0v) is 15.3. The fraction of sp³-hybridized carbons (Fsp3) is 0.227. The molecule has 1 radical (unpaired) electrons. The summed E-state index contributed by atoms with van der Waals surface area (Å²) >= 11 is 0. The van der Waals surface area contributed by atoms with Gasteiger partial charge in [-0.1, -0.05) is 48.4 Å². The van der Waals surface area contributed by atoms with Gasteiger partial charge in [0.1, 0.15) is 0 Å². The van der Waals surface area contributed by atoms with Crippen molar-refractivity contribution in [3.8, 4) is 0 Å². The van der Waals surface area contributed by atoms with E-state index >= 15 is 0 Å². The summed E-state index contributed by atoms with van der Waals surface area (Å²) in [6, 6.07) is 21.8. The average molecular weight is 404 g/mol. The van der Waals surface area contributed by atoms with Crippen LogP contribution in [0.4, 0.5) is 0 Å². The minimum atomic E-state index is 0. The Balaban J connectivity index is 0.00000208. The molecule has 0 amide bonds. The third-order valence-electron chi connectivity index (χ3n) is 4.20. The van der Waals surface area contributed by atoms with Crippen molar-refractivity contribution >= 4 is 17.4 Å². The van der Waals surface area contributed by atoms with Crippen molar-refractivity contribution in [2.45, 2.75) is 32.1 Å². The quantitative estimate of drug-likeness (QED) is 0.366. The molecule has 3 rings (SSSR count). The number of allylic oxidation sites excluding steroid dienone is 3. The monoisotopic (exact) mass is 404 g/mol. The predicted octanol–water partition coefficient (Wildman–Crippen LogP) is 5.48. The largest absolute Gasteiger partial charge is 0.295 e. The second-order valence-electron chi connectivity index (χ2n) is 5.98. The molecule has 1 nitrogen and oxygen atoms in total. The molecule has 0 N–H and O–H groups in total. The summed E-state index contributed by atoms with van der Waals surface area (Å²) in [5, 5.41) is 0. The Labute approximate surface area is 157 Å². The van der Waals surface area contributed by atoms with Crippen LogP contribution in [0.1, 0.15) is 43.2 Å². The molecule has 24 heavy (non-hydrogen) atoms. The number of benzene rings is 2. The molecular weight excluding hydrogens is 383 g/mol. The van der Waals surface area contributed by atoms with Gasteiger partial charge in [-0.15, -0.1) is 41.5 Å². The van der Waals surface area contributed by atoms with Gasteiger partial charge in [0, 0.05) is 25.9 Å². The summed E-state index contributed by atoms with van der Waals surface area (Å²) in [5.74, 6) is 0.283. The number of hydrogen-bond acceptors (Lipinski definition) is 1. The van der Waals surface area contributed by atoms with E-state index in [1.54, 1.807) is 0 Å². The van der Waals surface area contributed by atoms with Gasteiger partial charge in [0.15, 0.2) is 5.78 Å². The maximum Gasteiger partial charge on any atom is 0.155 e. The van der Waals surface area contributed by atoms with Gasteiger partial charge in [-0.25, -0.2) is 0 Å². The summed E-state index contributed by atoms with van der Waals surface area (Å²) in [4.78, 5) is 11.6. The van der Waals surface area contributed by atoms with Crippen molar-refractivity contribution in [3.63, 3.8) is 0 Å². The SMILES string of the molecule is O=C1C=C(CC/C(=C\c2ccccc2)c2[c-]cccc2)CCC1.[Rh]. The second-order valence-corrected chi connectivity index (χ2v) is 5.98. The van der Waals surface area contributed by atoms with E-state index in [0.717, 1.165) is 31.2 Å². The molecule has 0 bridgehead atoms. The summed E-state index contributed by atoms with van der Waals surface area (Å²) in [6.45, 7) is 0. The molecule has 2 aromatic carbocycles. The first-order valence-electron chi connectivity index (χ1n) is 8.26. The molecule has 0 saturated carbocycles. The van der Waals surface area contributed by atoms with Gasteiger partial charge >= 0.3 is 0 Å². The number of carbonyl (C=O) groups excluding carboxylic acids is 1. The van der Waals surface area contributed by atoms with E-state index in [4.69, 9.17) is 0 Å². The van der Waals surface area contributed by atoms with Crippen LogP contribution in [0.25, 0.3) is 11.6 Å². The summed E-state index contributed by atoms with van der Waals surface area (Å²) in [6.07, 6.45) is 8.75. The minimum Gasteiger partial charge on any atom is -0.295 e. The van der Waals surface area contributed by atoms with E-state index in [0.29, 0.717) is 6.42 Å². The average Bonchev–Trinajstić information content (AvgIpc) is 2.60. The molecule has 1 aliphatic carbocycles. The van der Waals surface area contributed by atoms with Crippen LogP contribution in [0.2, 0.25) is 0 Å². The van der Waals surface area contributed by atoms with Crippen molar-refractivity contribution in [1.29, 1.82) is 0 Å². The van der Waals surface area contributed by atoms with Crippen LogP contribution in [0.15, 0.2) is 66.2 Å². The van der Waals surface area contributed by atoms with E-state index in [1.807, 2.05) is 30.3 Å². The zero-order chi connectivity index (χ0) is 15.9. The molecule has 0 fully saturated rings. The Morgan fingerprint density at radius 2 is 1.83 bits per heavy atom. The van der Waals surface area contributed by atoms with Gasteiger partial charge in [0.2, 0.25) is 0 Å². The smallest absolute Gasteiger partial charge is 0.155 e. The second kappa shape index (κ2) is 9.49. The Bertz CT molecular complexity index is 714. The molecule has 0 spiro atoms. The molecule has 2 aromatic rings. The Morgan fingerprint density at radius 1 is 1.04 bits per heavy atom.